The summed E-state index contributed by atoms with van der Waals surface area (Å²) in [6.45, 7) is 3.82. The van der Waals surface area contributed by atoms with Crippen molar-refractivity contribution < 1.29 is 18.3 Å². The van der Waals surface area contributed by atoms with Crippen LogP contribution in [0.4, 0.5) is 0 Å². The Morgan fingerprint density at radius 3 is 2.24 bits per heavy atom. The third-order valence-corrected chi connectivity index (χ3v) is 5.08. The predicted octanol–water partition coefficient (Wildman–Crippen LogP) is 3.13. The minimum Gasteiger partial charge on any atom is -0.492 e. The molecule has 0 amide bonds. The van der Waals surface area contributed by atoms with Crippen molar-refractivity contribution in [2.75, 3.05) is 20.8 Å². The van der Waals surface area contributed by atoms with E-state index in [1.807, 2.05) is 0 Å². The van der Waals surface area contributed by atoms with Gasteiger partial charge in [0.05, 0.1) is 0 Å². The molecule has 0 bridgehead atoms. The van der Waals surface area contributed by atoms with Gasteiger partial charge < -0.3 is 13.8 Å². The van der Waals surface area contributed by atoms with Crippen LogP contribution >= 0.6 is 7.60 Å². The molecule has 95 valence electrons. The van der Waals surface area contributed by atoms with Crippen LogP contribution in [-0.2, 0) is 13.6 Å². The summed E-state index contributed by atoms with van der Waals surface area (Å²) in [5.41, 5.74) is 0. The first-order valence-corrected chi connectivity index (χ1v) is 6.80. The Morgan fingerprint density at radius 1 is 1.24 bits per heavy atom. The maximum atomic E-state index is 12.3. The number of hydrogen-bond acceptors (Lipinski definition) is 4. The zero-order valence-electron chi connectivity index (χ0n) is 10.6. The van der Waals surface area contributed by atoms with Crippen molar-refractivity contribution in [2.24, 2.45) is 0 Å². The molecule has 0 aromatic heterocycles. The van der Waals surface area contributed by atoms with Crippen molar-refractivity contribution in [1.82, 2.24) is 0 Å². The highest BCUT2D eigenvalue weighted by molar-refractivity contribution is 7.55. The van der Waals surface area contributed by atoms with Crippen LogP contribution in [0.1, 0.15) is 13.8 Å². The lowest BCUT2D eigenvalue weighted by atomic mass is 10.2. The van der Waals surface area contributed by atoms with Crippen LogP contribution < -0.4 is 4.74 Å². The largest absolute Gasteiger partial charge is 0.492 e. The SMILES string of the molecule is COP(=O)(OC)C(C)(C)COc1cc[c]cc1. The Balaban J connectivity index is 2.70. The lowest BCUT2D eigenvalue weighted by molar-refractivity contribution is 0.212. The number of rotatable bonds is 6. The number of hydrogen-bond donors (Lipinski definition) is 0. The van der Waals surface area contributed by atoms with E-state index in [1.165, 1.54) is 14.2 Å². The van der Waals surface area contributed by atoms with Gasteiger partial charge in [-0.05, 0) is 32.0 Å². The van der Waals surface area contributed by atoms with E-state index in [-0.39, 0.29) is 6.61 Å². The van der Waals surface area contributed by atoms with Crippen LogP contribution in [-0.4, -0.2) is 26.0 Å². The number of benzene rings is 1. The molecule has 17 heavy (non-hydrogen) atoms. The van der Waals surface area contributed by atoms with Gasteiger partial charge in [-0.2, -0.15) is 0 Å². The van der Waals surface area contributed by atoms with Gasteiger partial charge in [0.25, 0.3) is 0 Å². The normalized spacial score (nSPS) is 12.5. The van der Waals surface area contributed by atoms with Gasteiger partial charge in [-0.1, -0.05) is 12.1 Å². The first-order chi connectivity index (χ1) is 7.95. The fraction of sp³-hybridized carbons (Fsp3) is 0.500. The summed E-state index contributed by atoms with van der Waals surface area (Å²) in [6, 6.07) is 10.00. The summed E-state index contributed by atoms with van der Waals surface area (Å²) in [4.78, 5) is 0. The summed E-state index contributed by atoms with van der Waals surface area (Å²) in [5.74, 6) is 0.704. The van der Waals surface area contributed by atoms with Crippen LogP contribution in [0, 0.1) is 6.07 Å². The van der Waals surface area contributed by atoms with Gasteiger partial charge in [0.2, 0.25) is 0 Å². The maximum Gasteiger partial charge on any atom is 0.339 e. The molecule has 1 aromatic carbocycles. The van der Waals surface area contributed by atoms with Crippen LogP contribution in [0.3, 0.4) is 0 Å². The second kappa shape index (κ2) is 5.67. The summed E-state index contributed by atoms with van der Waals surface area (Å²) >= 11 is 0. The van der Waals surface area contributed by atoms with Crippen molar-refractivity contribution in [3.63, 3.8) is 0 Å². The fourth-order valence-electron chi connectivity index (χ4n) is 1.38. The van der Waals surface area contributed by atoms with Gasteiger partial charge in [0.15, 0.2) is 0 Å². The molecule has 4 nitrogen and oxygen atoms in total. The lowest BCUT2D eigenvalue weighted by Gasteiger charge is -2.30. The quantitative estimate of drug-likeness (QED) is 0.734. The lowest BCUT2D eigenvalue weighted by Crippen LogP contribution is -2.30. The monoisotopic (exact) mass is 257 g/mol. The van der Waals surface area contributed by atoms with Crippen molar-refractivity contribution in [2.45, 2.75) is 19.0 Å². The van der Waals surface area contributed by atoms with Gasteiger partial charge in [0, 0.05) is 14.2 Å². The van der Waals surface area contributed by atoms with Gasteiger partial charge in [-0.15, -0.1) is 0 Å². The molecule has 0 saturated carbocycles. The summed E-state index contributed by atoms with van der Waals surface area (Å²) in [7, 11) is -0.397. The van der Waals surface area contributed by atoms with Crippen LogP contribution in [0.15, 0.2) is 24.3 Å². The van der Waals surface area contributed by atoms with Crippen LogP contribution in [0.25, 0.3) is 0 Å². The first kappa shape index (κ1) is 14.2. The van der Waals surface area contributed by atoms with Crippen molar-refractivity contribution in [3.05, 3.63) is 30.3 Å². The van der Waals surface area contributed by atoms with Gasteiger partial charge in [0.1, 0.15) is 17.5 Å². The van der Waals surface area contributed by atoms with E-state index in [1.54, 1.807) is 38.1 Å². The average molecular weight is 257 g/mol. The molecule has 0 spiro atoms. The van der Waals surface area contributed by atoms with E-state index < -0.39 is 12.8 Å². The molecule has 0 fully saturated rings. The van der Waals surface area contributed by atoms with Gasteiger partial charge >= 0.3 is 7.60 Å². The van der Waals surface area contributed by atoms with E-state index in [0.717, 1.165) is 0 Å². The molecule has 5 heteroatoms. The topological polar surface area (TPSA) is 44.8 Å². The van der Waals surface area contributed by atoms with Crippen LogP contribution in [0.5, 0.6) is 5.75 Å². The summed E-state index contributed by atoms with van der Waals surface area (Å²) < 4.78 is 27.8. The maximum absolute atomic E-state index is 12.3. The van der Waals surface area contributed by atoms with Crippen molar-refractivity contribution >= 4 is 7.60 Å². The molecule has 0 aliphatic carbocycles. The Hall–Kier alpha value is -0.830. The van der Waals surface area contributed by atoms with Crippen LogP contribution in [0.2, 0.25) is 0 Å². The van der Waals surface area contributed by atoms with Gasteiger partial charge in [-0.25, -0.2) is 0 Å². The molecule has 1 aromatic rings. The highest BCUT2D eigenvalue weighted by atomic mass is 31.2. The molecule has 0 N–H and O–H groups in total. The predicted molar refractivity (Wildman–Crippen MR) is 66.5 cm³/mol. The second-order valence-electron chi connectivity index (χ2n) is 4.20. The highest BCUT2D eigenvalue weighted by Gasteiger charge is 2.42. The van der Waals surface area contributed by atoms with E-state index in [2.05, 4.69) is 6.07 Å². The Morgan fingerprint density at radius 2 is 1.76 bits per heavy atom. The standard InChI is InChI=1S/C12H18O4P/c1-12(2,17(13,14-3)15-4)10-16-11-8-6-5-7-9-11/h6-9H,10H2,1-4H3. The molecule has 1 radical (unpaired) electrons. The molecular formula is C12H18O4P. The van der Waals surface area contributed by atoms with Gasteiger partial charge in [-0.3, -0.25) is 4.57 Å². The summed E-state index contributed by atoms with van der Waals surface area (Å²) in [5, 5.41) is -0.712. The Bertz CT molecular complexity index is 381. The van der Waals surface area contributed by atoms with Crippen molar-refractivity contribution in [3.8, 4) is 5.75 Å². The zero-order chi connectivity index (χ0) is 12.9. The third kappa shape index (κ3) is 3.32. The van der Waals surface area contributed by atoms with E-state index in [0.29, 0.717) is 5.75 Å². The Kier molecular flexibility index (Phi) is 4.75. The van der Waals surface area contributed by atoms with E-state index in [9.17, 15) is 4.57 Å². The minimum absolute atomic E-state index is 0.246. The summed E-state index contributed by atoms with van der Waals surface area (Å²) in [6.07, 6.45) is 0. The molecule has 0 aliphatic heterocycles. The average Bonchev–Trinajstić information content (AvgIpc) is 2.36. The van der Waals surface area contributed by atoms with E-state index >= 15 is 0 Å². The highest BCUT2D eigenvalue weighted by Crippen LogP contribution is 2.58. The molecule has 1 rings (SSSR count). The third-order valence-electron chi connectivity index (χ3n) is 2.50. The molecule has 0 atom stereocenters. The fourth-order valence-corrected chi connectivity index (χ4v) is 2.74. The molecular weight excluding hydrogens is 239 g/mol. The molecule has 0 saturated heterocycles. The number of ether oxygens (including phenoxy) is 1. The first-order valence-electron chi connectivity index (χ1n) is 5.26. The molecule has 0 aliphatic rings. The smallest absolute Gasteiger partial charge is 0.339 e. The molecule has 0 unspecified atom stereocenters. The zero-order valence-corrected chi connectivity index (χ0v) is 11.5. The van der Waals surface area contributed by atoms with Crippen molar-refractivity contribution in [1.29, 1.82) is 0 Å². The Labute approximate surface area is 102 Å². The molecule has 0 heterocycles. The van der Waals surface area contributed by atoms with E-state index in [4.69, 9.17) is 13.8 Å². The minimum atomic E-state index is -3.15. The second-order valence-corrected chi connectivity index (χ2v) is 7.14.